The minimum absolute atomic E-state index is 0.0266. The number of thiophene rings is 1. The number of Topliss-reactive ketones (excluding diaryl/α,β-unsaturated/α-hetero) is 1. The van der Waals surface area contributed by atoms with Gasteiger partial charge in [0, 0.05) is 10.4 Å². The second-order valence-electron chi connectivity index (χ2n) is 8.09. The minimum atomic E-state index is -0.778. The highest BCUT2D eigenvalue weighted by atomic mass is 32.1. The first kappa shape index (κ1) is 22.9. The van der Waals surface area contributed by atoms with E-state index in [0.29, 0.717) is 28.1 Å². The minimum Gasteiger partial charge on any atom is -0.507 e. The van der Waals surface area contributed by atoms with Crippen LogP contribution in [0.5, 0.6) is 5.75 Å². The van der Waals surface area contributed by atoms with Crippen LogP contribution in [0.25, 0.3) is 5.76 Å². The number of ether oxygens (including phenoxy) is 1. The molecule has 3 heterocycles. The molecule has 1 aliphatic heterocycles. The molecule has 176 valence electrons. The molecule has 2 aromatic carbocycles. The molecular weight excluding hydrogens is 482 g/mol. The van der Waals surface area contributed by atoms with Gasteiger partial charge in [0.05, 0.1) is 5.57 Å². The molecule has 0 saturated carbocycles. The fraction of sp³-hybridized carbons (Fsp3) is 0.154. The number of nitrogens with zero attached hydrogens (tertiary/aromatic N) is 3. The van der Waals surface area contributed by atoms with E-state index in [2.05, 4.69) is 16.3 Å². The normalized spacial score (nSPS) is 17.2. The smallest absolute Gasteiger partial charge is 0.301 e. The Bertz CT molecular complexity index is 1430. The van der Waals surface area contributed by atoms with E-state index in [0.717, 1.165) is 16.0 Å². The number of benzene rings is 2. The Morgan fingerprint density at radius 3 is 2.51 bits per heavy atom. The molecule has 0 spiro atoms. The standard InChI is InChI=1S/C26H21N3O4S2/c1-15-5-3-6-17(13-15)14-33-19-10-8-18(9-11-19)23(30)21-22(20-7-4-12-34-20)29(25(32)24(21)31)26-28-27-16(2)35-26/h3-13,22,30H,14H2,1-2H3/b23-21+. The highest BCUT2D eigenvalue weighted by Crippen LogP contribution is 2.44. The lowest BCUT2D eigenvalue weighted by molar-refractivity contribution is -0.132. The van der Waals surface area contributed by atoms with E-state index in [4.69, 9.17) is 4.74 Å². The number of amides is 1. The third-order valence-electron chi connectivity index (χ3n) is 5.59. The third-order valence-corrected chi connectivity index (χ3v) is 7.36. The molecule has 0 radical (unpaired) electrons. The Labute approximate surface area is 210 Å². The van der Waals surface area contributed by atoms with Crippen LogP contribution in [-0.4, -0.2) is 27.0 Å². The number of aliphatic hydroxyl groups is 1. The van der Waals surface area contributed by atoms with Crippen molar-refractivity contribution in [3.8, 4) is 5.75 Å². The van der Waals surface area contributed by atoms with Gasteiger partial charge in [-0.1, -0.05) is 47.2 Å². The van der Waals surface area contributed by atoms with Crippen LogP contribution in [0, 0.1) is 13.8 Å². The topological polar surface area (TPSA) is 92.6 Å². The molecule has 7 nitrogen and oxygen atoms in total. The van der Waals surface area contributed by atoms with Crippen LogP contribution in [0.2, 0.25) is 0 Å². The van der Waals surface area contributed by atoms with Crippen molar-refractivity contribution in [2.45, 2.75) is 26.5 Å². The number of anilines is 1. The van der Waals surface area contributed by atoms with Gasteiger partial charge in [0.2, 0.25) is 5.13 Å². The second kappa shape index (κ2) is 9.44. The maximum Gasteiger partial charge on any atom is 0.301 e. The van der Waals surface area contributed by atoms with E-state index in [1.54, 1.807) is 31.2 Å². The third kappa shape index (κ3) is 4.48. The first-order valence-electron chi connectivity index (χ1n) is 10.9. The summed E-state index contributed by atoms with van der Waals surface area (Å²) >= 11 is 2.62. The molecule has 1 fully saturated rings. The fourth-order valence-electron chi connectivity index (χ4n) is 3.96. The van der Waals surface area contributed by atoms with Crippen LogP contribution in [-0.2, 0) is 16.2 Å². The van der Waals surface area contributed by atoms with Gasteiger partial charge >= 0.3 is 5.91 Å². The summed E-state index contributed by atoms with van der Waals surface area (Å²) in [5.41, 5.74) is 2.66. The maximum atomic E-state index is 13.1. The van der Waals surface area contributed by atoms with Gasteiger partial charge in [0.1, 0.15) is 29.2 Å². The number of aliphatic hydroxyl groups excluding tert-OH is 1. The van der Waals surface area contributed by atoms with Crippen LogP contribution in [0.3, 0.4) is 0 Å². The van der Waals surface area contributed by atoms with Gasteiger partial charge in [-0.3, -0.25) is 14.5 Å². The van der Waals surface area contributed by atoms with E-state index in [1.165, 1.54) is 27.6 Å². The summed E-state index contributed by atoms with van der Waals surface area (Å²) in [6, 6.07) is 17.8. The summed E-state index contributed by atoms with van der Waals surface area (Å²) in [5.74, 6) is -1.11. The molecule has 1 N–H and O–H groups in total. The van der Waals surface area contributed by atoms with Crippen molar-refractivity contribution < 1.29 is 19.4 Å². The Morgan fingerprint density at radius 1 is 1.06 bits per heavy atom. The number of ketones is 1. The van der Waals surface area contributed by atoms with Crippen LogP contribution in [0.1, 0.15) is 32.6 Å². The Morgan fingerprint density at radius 2 is 1.86 bits per heavy atom. The zero-order valence-electron chi connectivity index (χ0n) is 19.0. The molecular formula is C26H21N3O4S2. The first-order chi connectivity index (χ1) is 16.9. The summed E-state index contributed by atoms with van der Waals surface area (Å²) in [4.78, 5) is 28.2. The van der Waals surface area contributed by atoms with Crippen molar-refractivity contribution in [3.63, 3.8) is 0 Å². The number of hydrogen-bond donors (Lipinski definition) is 1. The molecule has 1 atom stereocenters. The number of rotatable bonds is 6. The average Bonchev–Trinajstić information content (AvgIpc) is 3.59. The molecule has 0 aliphatic carbocycles. The molecule has 4 aromatic rings. The molecule has 1 saturated heterocycles. The summed E-state index contributed by atoms with van der Waals surface area (Å²) < 4.78 is 5.86. The maximum absolute atomic E-state index is 13.1. The summed E-state index contributed by atoms with van der Waals surface area (Å²) in [5, 5.41) is 22.1. The summed E-state index contributed by atoms with van der Waals surface area (Å²) in [6.45, 7) is 4.22. The first-order valence-corrected chi connectivity index (χ1v) is 12.6. The van der Waals surface area contributed by atoms with Gasteiger partial charge < -0.3 is 9.84 Å². The molecule has 1 aliphatic rings. The predicted molar refractivity (Wildman–Crippen MR) is 136 cm³/mol. The van der Waals surface area contributed by atoms with Crippen molar-refractivity contribution in [1.29, 1.82) is 0 Å². The van der Waals surface area contributed by atoms with Crippen LogP contribution in [0.15, 0.2) is 71.6 Å². The Hall–Kier alpha value is -3.82. The quantitative estimate of drug-likeness (QED) is 0.215. The molecule has 1 amide bonds. The molecule has 35 heavy (non-hydrogen) atoms. The van der Waals surface area contributed by atoms with Crippen molar-refractivity contribution in [2.24, 2.45) is 0 Å². The lowest BCUT2D eigenvalue weighted by atomic mass is 10.00. The van der Waals surface area contributed by atoms with Gasteiger partial charge in [0.25, 0.3) is 5.78 Å². The van der Waals surface area contributed by atoms with Crippen molar-refractivity contribution in [1.82, 2.24) is 10.2 Å². The van der Waals surface area contributed by atoms with Gasteiger partial charge in [-0.25, -0.2) is 0 Å². The van der Waals surface area contributed by atoms with Crippen LogP contribution >= 0.6 is 22.7 Å². The van der Waals surface area contributed by atoms with Crippen molar-refractivity contribution in [3.05, 3.63) is 98.2 Å². The number of hydrogen-bond acceptors (Lipinski definition) is 8. The zero-order chi connectivity index (χ0) is 24.5. The van der Waals surface area contributed by atoms with E-state index in [-0.39, 0.29) is 11.3 Å². The lowest BCUT2D eigenvalue weighted by Crippen LogP contribution is -2.29. The van der Waals surface area contributed by atoms with Crippen LogP contribution < -0.4 is 9.64 Å². The largest absolute Gasteiger partial charge is 0.507 e. The zero-order valence-corrected chi connectivity index (χ0v) is 20.6. The van der Waals surface area contributed by atoms with E-state index < -0.39 is 17.7 Å². The van der Waals surface area contributed by atoms with E-state index >= 15 is 0 Å². The molecule has 2 aromatic heterocycles. The van der Waals surface area contributed by atoms with Crippen LogP contribution in [0.4, 0.5) is 5.13 Å². The molecule has 9 heteroatoms. The van der Waals surface area contributed by atoms with E-state index in [1.807, 2.05) is 42.6 Å². The van der Waals surface area contributed by atoms with Crippen molar-refractivity contribution in [2.75, 3.05) is 4.90 Å². The number of carbonyl (C=O) groups is 2. The highest BCUT2D eigenvalue weighted by Gasteiger charge is 2.48. The number of aromatic nitrogens is 2. The summed E-state index contributed by atoms with van der Waals surface area (Å²) in [6.07, 6.45) is 0. The van der Waals surface area contributed by atoms with Gasteiger partial charge in [-0.05, 0) is 55.1 Å². The lowest BCUT2D eigenvalue weighted by Gasteiger charge is -2.20. The van der Waals surface area contributed by atoms with Gasteiger partial charge in [-0.2, -0.15) is 0 Å². The number of carbonyl (C=O) groups excluding carboxylic acids is 2. The molecule has 1 unspecified atom stereocenters. The van der Waals surface area contributed by atoms with E-state index in [9.17, 15) is 14.7 Å². The Kier molecular flexibility index (Phi) is 6.19. The predicted octanol–water partition coefficient (Wildman–Crippen LogP) is 5.42. The Balaban J connectivity index is 1.47. The molecule has 5 rings (SSSR count). The SMILES string of the molecule is Cc1cccc(COc2ccc(/C(O)=C3\C(=O)C(=O)N(c4nnc(C)s4)C3c3cccs3)cc2)c1. The average molecular weight is 504 g/mol. The van der Waals surface area contributed by atoms with Gasteiger partial charge in [0.15, 0.2) is 0 Å². The highest BCUT2D eigenvalue weighted by molar-refractivity contribution is 7.15. The second-order valence-corrected chi connectivity index (χ2v) is 10.2. The van der Waals surface area contributed by atoms with Crippen molar-refractivity contribution >= 4 is 45.3 Å². The summed E-state index contributed by atoms with van der Waals surface area (Å²) in [7, 11) is 0. The molecule has 0 bridgehead atoms. The fourth-order valence-corrected chi connectivity index (χ4v) is 5.50. The number of aryl methyl sites for hydroxylation is 2. The monoisotopic (exact) mass is 503 g/mol. The van der Waals surface area contributed by atoms with Gasteiger partial charge in [-0.15, -0.1) is 21.5 Å².